The summed E-state index contributed by atoms with van der Waals surface area (Å²) in [4.78, 5) is 10.2. The Labute approximate surface area is 112 Å². The highest BCUT2D eigenvalue weighted by Gasteiger charge is 2.24. The van der Waals surface area contributed by atoms with Crippen LogP contribution < -0.4 is 0 Å². The standard InChI is InChI=1S/C10H11BrFNO4S/c1-13(5-4-10(14)15)18(16,17)9-6-7(12)2-3-8(9)11/h2-3,6H,4-5H2,1H3,(H,14,15). The molecule has 0 aromatic heterocycles. The molecule has 0 fully saturated rings. The summed E-state index contributed by atoms with van der Waals surface area (Å²) in [5.41, 5.74) is 0. The second-order valence-corrected chi connectivity index (χ2v) is 6.41. The average Bonchev–Trinajstić information content (AvgIpc) is 2.28. The fourth-order valence-electron chi connectivity index (χ4n) is 1.22. The molecule has 0 aliphatic rings. The molecular weight excluding hydrogens is 329 g/mol. The molecule has 1 aromatic carbocycles. The predicted octanol–water partition coefficient (Wildman–Crippen LogP) is 1.68. The molecule has 5 nitrogen and oxygen atoms in total. The van der Waals surface area contributed by atoms with Crippen molar-refractivity contribution in [2.45, 2.75) is 11.3 Å². The molecule has 1 aromatic rings. The number of hydrogen-bond acceptors (Lipinski definition) is 3. The Balaban J connectivity index is 3.05. The smallest absolute Gasteiger partial charge is 0.304 e. The minimum atomic E-state index is -3.90. The van der Waals surface area contributed by atoms with E-state index < -0.39 is 21.8 Å². The molecule has 0 radical (unpaired) electrons. The molecule has 0 amide bonds. The van der Waals surface area contributed by atoms with Crippen molar-refractivity contribution in [1.29, 1.82) is 0 Å². The molecular formula is C10H11BrFNO4S. The lowest BCUT2D eigenvalue weighted by atomic mass is 10.3. The van der Waals surface area contributed by atoms with Crippen LogP contribution >= 0.6 is 15.9 Å². The monoisotopic (exact) mass is 339 g/mol. The van der Waals surface area contributed by atoms with Crippen molar-refractivity contribution >= 4 is 31.9 Å². The van der Waals surface area contributed by atoms with Crippen LogP contribution in [-0.4, -0.2) is 37.4 Å². The van der Waals surface area contributed by atoms with E-state index in [1.54, 1.807) is 0 Å². The summed E-state index contributed by atoms with van der Waals surface area (Å²) in [6.07, 6.45) is -0.317. The number of halogens is 2. The summed E-state index contributed by atoms with van der Waals surface area (Å²) in [6, 6.07) is 3.30. The molecule has 1 rings (SSSR count). The van der Waals surface area contributed by atoms with Crippen molar-refractivity contribution in [2.24, 2.45) is 0 Å². The SMILES string of the molecule is CN(CCC(=O)O)S(=O)(=O)c1cc(F)ccc1Br. The van der Waals surface area contributed by atoms with E-state index in [4.69, 9.17) is 5.11 Å². The van der Waals surface area contributed by atoms with E-state index in [9.17, 15) is 17.6 Å². The van der Waals surface area contributed by atoms with Crippen LogP contribution in [0.25, 0.3) is 0 Å². The first-order valence-electron chi connectivity index (χ1n) is 4.88. The van der Waals surface area contributed by atoms with E-state index in [-0.39, 0.29) is 22.3 Å². The Morgan fingerprint density at radius 1 is 1.50 bits per heavy atom. The fraction of sp³-hybridized carbons (Fsp3) is 0.300. The molecule has 0 bridgehead atoms. The van der Waals surface area contributed by atoms with Gasteiger partial charge in [0.25, 0.3) is 0 Å². The molecule has 18 heavy (non-hydrogen) atoms. The topological polar surface area (TPSA) is 74.7 Å². The Bertz CT molecular complexity index is 561. The van der Waals surface area contributed by atoms with Crippen LogP contribution in [0.5, 0.6) is 0 Å². The first-order chi connectivity index (χ1) is 8.25. The van der Waals surface area contributed by atoms with Crippen LogP contribution in [0.3, 0.4) is 0 Å². The third-order valence-electron chi connectivity index (χ3n) is 2.22. The van der Waals surface area contributed by atoms with E-state index in [0.29, 0.717) is 0 Å². The first kappa shape index (κ1) is 15.1. The summed E-state index contributed by atoms with van der Waals surface area (Å²) in [5.74, 6) is -1.78. The predicted molar refractivity (Wildman–Crippen MR) is 66.2 cm³/mol. The highest BCUT2D eigenvalue weighted by molar-refractivity contribution is 9.10. The van der Waals surface area contributed by atoms with Gasteiger partial charge >= 0.3 is 5.97 Å². The van der Waals surface area contributed by atoms with Gasteiger partial charge in [-0.3, -0.25) is 4.79 Å². The third-order valence-corrected chi connectivity index (χ3v) is 5.07. The number of carboxylic acid groups (broad SMARTS) is 1. The summed E-state index contributed by atoms with van der Waals surface area (Å²) in [5, 5.41) is 8.51. The molecule has 8 heteroatoms. The number of aliphatic carboxylic acids is 1. The number of carbonyl (C=O) groups is 1. The van der Waals surface area contributed by atoms with Crippen molar-refractivity contribution in [3.05, 3.63) is 28.5 Å². The number of carboxylic acids is 1. The van der Waals surface area contributed by atoms with Crippen molar-refractivity contribution in [1.82, 2.24) is 4.31 Å². The Morgan fingerprint density at radius 3 is 2.67 bits per heavy atom. The van der Waals surface area contributed by atoms with Gasteiger partial charge in [-0.2, -0.15) is 0 Å². The molecule has 100 valence electrons. The Kier molecular flexibility index (Phi) is 4.83. The molecule has 0 aliphatic carbocycles. The quantitative estimate of drug-likeness (QED) is 0.885. The molecule has 0 atom stereocenters. The maximum atomic E-state index is 13.1. The normalized spacial score (nSPS) is 11.8. The van der Waals surface area contributed by atoms with Gasteiger partial charge in [-0.15, -0.1) is 0 Å². The lowest BCUT2D eigenvalue weighted by molar-refractivity contribution is -0.137. The molecule has 1 N–H and O–H groups in total. The number of nitrogens with zero attached hydrogens (tertiary/aromatic N) is 1. The highest BCUT2D eigenvalue weighted by atomic mass is 79.9. The molecule has 0 spiro atoms. The molecule has 0 heterocycles. The van der Waals surface area contributed by atoms with E-state index >= 15 is 0 Å². The van der Waals surface area contributed by atoms with Gasteiger partial charge in [-0.25, -0.2) is 17.1 Å². The molecule has 0 aliphatic heterocycles. The van der Waals surface area contributed by atoms with Gasteiger partial charge in [-0.1, -0.05) is 0 Å². The van der Waals surface area contributed by atoms with Crippen molar-refractivity contribution < 1.29 is 22.7 Å². The van der Waals surface area contributed by atoms with Gasteiger partial charge in [0.05, 0.1) is 11.3 Å². The summed E-state index contributed by atoms with van der Waals surface area (Å²) in [7, 11) is -2.66. The molecule has 0 saturated heterocycles. The Hall–Kier alpha value is -0.990. The summed E-state index contributed by atoms with van der Waals surface area (Å²) in [6.45, 7) is -0.180. The minimum absolute atomic E-state index is 0.180. The summed E-state index contributed by atoms with van der Waals surface area (Å²) < 4.78 is 38.3. The minimum Gasteiger partial charge on any atom is -0.481 e. The second-order valence-electron chi connectivity index (χ2n) is 3.55. The number of benzene rings is 1. The van der Waals surface area contributed by atoms with Crippen LogP contribution in [-0.2, 0) is 14.8 Å². The van der Waals surface area contributed by atoms with Crippen molar-refractivity contribution in [2.75, 3.05) is 13.6 Å². The van der Waals surface area contributed by atoms with E-state index in [0.717, 1.165) is 16.4 Å². The van der Waals surface area contributed by atoms with Crippen molar-refractivity contribution in [3.8, 4) is 0 Å². The maximum Gasteiger partial charge on any atom is 0.304 e. The van der Waals surface area contributed by atoms with E-state index in [1.165, 1.54) is 13.1 Å². The van der Waals surface area contributed by atoms with Crippen LogP contribution in [0.2, 0.25) is 0 Å². The maximum absolute atomic E-state index is 13.1. The van der Waals surface area contributed by atoms with E-state index in [1.807, 2.05) is 0 Å². The van der Waals surface area contributed by atoms with E-state index in [2.05, 4.69) is 15.9 Å². The zero-order valence-electron chi connectivity index (χ0n) is 9.43. The van der Waals surface area contributed by atoms with Gasteiger partial charge in [0.2, 0.25) is 10.0 Å². The molecule has 0 saturated carbocycles. The average molecular weight is 340 g/mol. The van der Waals surface area contributed by atoms with Crippen LogP contribution in [0, 0.1) is 5.82 Å². The Morgan fingerprint density at radius 2 is 2.11 bits per heavy atom. The van der Waals surface area contributed by atoms with Gasteiger partial charge in [0.15, 0.2) is 0 Å². The number of rotatable bonds is 5. The van der Waals surface area contributed by atoms with Gasteiger partial charge in [0.1, 0.15) is 5.82 Å². The zero-order chi connectivity index (χ0) is 13.9. The summed E-state index contributed by atoms with van der Waals surface area (Å²) >= 11 is 3.03. The lowest BCUT2D eigenvalue weighted by Crippen LogP contribution is -2.29. The van der Waals surface area contributed by atoms with Crippen molar-refractivity contribution in [3.63, 3.8) is 0 Å². The van der Waals surface area contributed by atoms with Crippen LogP contribution in [0.1, 0.15) is 6.42 Å². The lowest BCUT2D eigenvalue weighted by Gasteiger charge is -2.17. The molecule has 0 unspecified atom stereocenters. The zero-order valence-corrected chi connectivity index (χ0v) is 11.8. The van der Waals surface area contributed by atoms with Crippen LogP contribution in [0.4, 0.5) is 4.39 Å². The largest absolute Gasteiger partial charge is 0.481 e. The fourth-order valence-corrected chi connectivity index (χ4v) is 3.32. The van der Waals surface area contributed by atoms with Gasteiger partial charge in [0, 0.05) is 18.1 Å². The third kappa shape index (κ3) is 3.50. The van der Waals surface area contributed by atoms with Crippen LogP contribution in [0.15, 0.2) is 27.6 Å². The number of hydrogen-bond donors (Lipinski definition) is 1. The van der Waals surface area contributed by atoms with Gasteiger partial charge < -0.3 is 5.11 Å². The number of sulfonamides is 1. The first-order valence-corrected chi connectivity index (χ1v) is 7.11. The van der Waals surface area contributed by atoms with Gasteiger partial charge in [-0.05, 0) is 34.1 Å². The highest BCUT2D eigenvalue weighted by Crippen LogP contribution is 2.25. The second kappa shape index (κ2) is 5.77.